The van der Waals surface area contributed by atoms with Crippen molar-refractivity contribution in [3.8, 4) is 0 Å². The maximum Gasteiger partial charge on any atom is 0.338 e. The average molecular weight is 724 g/mol. The van der Waals surface area contributed by atoms with E-state index in [4.69, 9.17) is 18.9 Å². The van der Waals surface area contributed by atoms with E-state index in [0.29, 0.717) is 16.7 Å². The first-order chi connectivity index (χ1) is 22.5. The average Bonchev–Trinajstić information content (AvgIpc) is 3.27. The molecule has 2 aromatic rings. The van der Waals surface area contributed by atoms with Gasteiger partial charge in [-0.2, -0.15) is 0 Å². The Hall–Kier alpha value is -4.05. The van der Waals surface area contributed by atoms with Gasteiger partial charge in [-0.25, -0.2) is 9.59 Å². The fraction of sp³-hybridized carbons (Fsp3) is 0.447. The molecule has 10 heteroatoms. The van der Waals surface area contributed by atoms with E-state index in [9.17, 15) is 24.0 Å². The second kappa shape index (κ2) is 15.0. The summed E-state index contributed by atoms with van der Waals surface area (Å²) in [6.07, 6.45) is 2.44. The summed E-state index contributed by atoms with van der Waals surface area (Å²) in [5, 5.41) is 0. The molecule has 9 nitrogen and oxygen atoms in total. The summed E-state index contributed by atoms with van der Waals surface area (Å²) >= 11 is 3.37. The molecule has 0 amide bonds. The standard InChI is InChI=1S/C38H43BrO9/c1-22-17-18-37(6,7)32(42)20-31(46-35(43)28-13-15-29(39)16-14-28)23(2)19-30-33(47-36(44)27-11-9-8-10-12-27)24(3)21-38(30,48-26(5)41)34(22)45-25(4)40/h8-19,22,24,30-31,33-34H,20-21H2,1-7H3. The van der Waals surface area contributed by atoms with Crippen LogP contribution in [0.2, 0.25) is 0 Å². The molecule has 0 radical (unpaired) electrons. The van der Waals surface area contributed by atoms with Gasteiger partial charge in [0.2, 0.25) is 0 Å². The number of esters is 4. The molecule has 0 saturated heterocycles. The number of allylic oxidation sites excluding steroid dienone is 1. The van der Waals surface area contributed by atoms with E-state index in [-0.39, 0.29) is 24.5 Å². The third-order valence-electron chi connectivity index (χ3n) is 9.14. The van der Waals surface area contributed by atoms with Crippen LogP contribution in [0.25, 0.3) is 0 Å². The fourth-order valence-corrected chi connectivity index (χ4v) is 6.90. The van der Waals surface area contributed by atoms with Crippen LogP contribution in [0, 0.1) is 23.2 Å². The molecule has 7 atom stereocenters. The molecule has 256 valence electrons. The Morgan fingerprint density at radius 1 is 0.833 bits per heavy atom. The number of carbonyl (C=O) groups is 5. The minimum atomic E-state index is -1.49. The minimum Gasteiger partial charge on any atom is -0.458 e. The molecule has 0 bridgehead atoms. The van der Waals surface area contributed by atoms with E-state index in [1.165, 1.54) is 13.8 Å². The summed E-state index contributed by atoms with van der Waals surface area (Å²) in [6, 6.07) is 15.2. The van der Waals surface area contributed by atoms with Gasteiger partial charge in [-0.1, -0.05) is 66.2 Å². The Morgan fingerprint density at radius 3 is 2.04 bits per heavy atom. The van der Waals surface area contributed by atoms with Crippen LogP contribution in [-0.4, -0.2) is 53.6 Å². The van der Waals surface area contributed by atoms with E-state index < -0.39 is 65.0 Å². The number of halogens is 1. The highest BCUT2D eigenvalue weighted by Gasteiger charge is 2.62. The first-order valence-electron chi connectivity index (χ1n) is 16.0. The fourth-order valence-electron chi connectivity index (χ4n) is 6.64. The lowest BCUT2D eigenvalue weighted by molar-refractivity contribution is -0.195. The summed E-state index contributed by atoms with van der Waals surface area (Å²) in [5.74, 6) is -4.34. The molecular weight excluding hydrogens is 680 g/mol. The largest absolute Gasteiger partial charge is 0.458 e. The monoisotopic (exact) mass is 722 g/mol. The number of Topliss-reactive ketones (excluding diaryl/α,β-unsaturated/α-hetero) is 1. The van der Waals surface area contributed by atoms with Gasteiger partial charge in [0, 0.05) is 36.1 Å². The second-order valence-corrected chi connectivity index (χ2v) is 14.3. The predicted octanol–water partition coefficient (Wildman–Crippen LogP) is 7.23. The summed E-state index contributed by atoms with van der Waals surface area (Å²) in [4.78, 5) is 66.2. The molecule has 0 heterocycles. The zero-order valence-corrected chi connectivity index (χ0v) is 29.9. The normalized spacial score (nSPS) is 28.5. The number of hydrogen-bond acceptors (Lipinski definition) is 9. The molecule has 0 N–H and O–H groups in total. The number of ketones is 1. The molecule has 2 aliphatic rings. The Kier molecular flexibility index (Phi) is 11.5. The third-order valence-corrected chi connectivity index (χ3v) is 9.67. The zero-order valence-electron chi connectivity index (χ0n) is 28.4. The van der Waals surface area contributed by atoms with Crippen molar-refractivity contribution < 1.29 is 42.9 Å². The Labute approximate surface area is 290 Å². The van der Waals surface area contributed by atoms with Crippen LogP contribution in [0.4, 0.5) is 0 Å². The van der Waals surface area contributed by atoms with Crippen LogP contribution in [0.15, 0.2) is 82.9 Å². The number of ether oxygens (including phenoxy) is 4. The van der Waals surface area contributed by atoms with Gasteiger partial charge in [-0.15, -0.1) is 0 Å². The van der Waals surface area contributed by atoms with E-state index in [1.54, 1.807) is 93.6 Å². The van der Waals surface area contributed by atoms with Gasteiger partial charge in [0.15, 0.2) is 5.60 Å². The topological polar surface area (TPSA) is 122 Å². The van der Waals surface area contributed by atoms with Crippen LogP contribution in [0.3, 0.4) is 0 Å². The summed E-state index contributed by atoms with van der Waals surface area (Å²) < 4.78 is 25.2. The molecule has 0 aromatic heterocycles. The summed E-state index contributed by atoms with van der Waals surface area (Å²) in [6.45, 7) is 11.5. The van der Waals surface area contributed by atoms with Crippen molar-refractivity contribution in [3.05, 3.63) is 94.0 Å². The summed E-state index contributed by atoms with van der Waals surface area (Å²) in [7, 11) is 0. The van der Waals surface area contributed by atoms with E-state index in [0.717, 1.165) is 4.47 Å². The van der Waals surface area contributed by atoms with Crippen LogP contribution >= 0.6 is 15.9 Å². The van der Waals surface area contributed by atoms with Crippen LogP contribution in [0.1, 0.15) is 82.0 Å². The molecule has 7 unspecified atom stereocenters. The number of benzene rings is 2. The van der Waals surface area contributed by atoms with Gasteiger partial charge < -0.3 is 18.9 Å². The van der Waals surface area contributed by atoms with Crippen LogP contribution in [-0.2, 0) is 33.3 Å². The lowest BCUT2D eigenvalue weighted by atomic mass is 9.75. The van der Waals surface area contributed by atoms with Crippen LogP contribution < -0.4 is 0 Å². The molecule has 1 saturated carbocycles. The number of carbonyl (C=O) groups excluding carboxylic acids is 5. The van der Waals surface area contributed by atoms with Crippen molar-refractivity contribution in [2.24, 2.45) is 23.2 Å². The van der Waals surface area contributed by atoms with Crippen LogP contribution in [0.5, 0.6) is 0 Å². The minimum absolute atomic E-state index is 0.138. The quantitative estimate of drug-likeness (QED) is 0.173. The van der Waals surface area contributed by atoms with Crippen molar-refractivity contribution in [3.63, 3.8) is 0 Å². The predicted molar refractivity (Wildman–Crippen MR) is 182 cm³/mol. The lowest BCUT2D eigenvalue weighted by Gasteiger charge is -2.43. The number of fused-ring (bicyclic) bond motifs is 1. The Morgan fingerprint density at radius 2 is 1.44 bits per heavy atom. The molecular formula is C38H43BrO9. The molecule has 2 aromatic carbocycles. The van der Waals surface area contributed by atoms with Crippen molar-refractivity contribution in [1.82, 2.24) is 0 Å². The van der Waals surface area contributed by atoms with Gasteiger partial charge in [-0.3, -0.25) is 14.4 Å². The smallest absolute Gasteiger partial charge is 0.338 e. The van der Waals surface area contributed by atoms with Crippen molar-refractivity contribution in [2.75, 3.05) is 0 Å². The Bertz CT molecular complexity index is 1590. The molecule has 48 heavy (non-hydrogen) atoms. The highest BCUT2D eigenvalue weighted by Crippen LogP contribution is 2.51. The van der Waals surface area contributed by atoms with Crippen molar-refractivity contribution >= 4 is 45.6 Å². The first kappa shape index (κ1) is 36.8. The van der Waals surface area contributed by atoms with Gasteiger partial charge in [0.05, 0.1) is 17.0 Å². The second-order valence-electron chi connectivity index (χ2n) is 13.4. The molecule has 4 rings (SSSR count). The Balaban J connectivity index is 1.92. The van der Waals surface area contributed by atoms with E-state index >= 15 is 0 Å². The SMILES string of the molecule is CC(=O)OC1C(C)C=CC(C)(C)C(=O)CC(OC(=O)c2ccc(Br)cc2)C(C)=CC2C(OC(=O)c3ccccc3)C(C)CC21OC(C)=O. The van der Waals surface area contributed by atoms with Gasteiger partial charge in [0.1, 0.15) is 24.1 Å². The number of rotatable bonds is 6. The van der Waals surface area contributed by atoms with Crippen molar-refractivity contribution in [2.45, 2.75) is 85.2 Å². The maximum atomic E-state index is 13.8. The van der Waals surface area contributed by atoms with Gasteiger partial charge in [0.25, 0.3) is 0 Å². The third kappa shape index (κ3) is 8.32. The van der Waals surface area contributed by atoms with E-state index in [2.05, 4.69) is 15.9 Å². The lowest BCUT2D eigenvalue weighted by Crippen LogP contribution is -2.55. The molecule has 0 aliphatic heterocycles. The van der Waals surface area contributed by atoms with Gasteiger partial charge >= 0.3 is 23.9 Å². The number of hydrogen-bond donors (Lipinski definition) is 0. The highest BCUT2D eigenvalue weighted by molar-refractivity contribution is 9.10. The maximum absolute atomic E-state index is 13.8. The first-order valence-corrected chi connectivity index (χ1v) is 16.8. The zero-order chi connectivity index (χ0) is 35.4. The van der Waals surface area contributed by atoms with Gasteiger partial charge in [-0.05, 0) is 75.1 Å². The molecule has 2 aliphatic carbocycles. The summed E-state index contributed by atoms with van der Waals surface area (Å²) in [5.41, 5.74) is -1.35. The molecule has 1 fully saturated rings. The van der Waals surface area contributed by atoms with Crippen molar-refractivity contribution in [1.29, 1.82) is 0 Å². The van der Waals surface area contributed by atoms with E-state index in [1.807, 2.05) is 13.8 Å². The highest BCUT2D eigenvalue weighted by atomic mass is 79.9. The molecule has 0 spiro atoms.